The zero-order valence-electron chi connectivity index (χ0n) is 65.3. The molecule has 518 valence electrons. The molecule has 7 heteroatoms. The van der Waals surface area contributed by atoms with Crippen LogP contribution in [0.3, 0.4) is 0 Å². The maximum Gasteiger partial charge on any atom is 0.0451 e. The van der Waals surface area contributed by atoms with Gasteiger partial charge in [0.15, 0.2) is 0 Å². The maximum absolute atomic E-state index is 4.31. The summed E-state index contributed by atoms with van der Waals surface area (Å²) in [5.41, 5.74) is 17.2. The smallest absolute Gasteiger partial charge is 0.0451 e. The van der Waals surface area contributed by atoms with Crippen LogP contribution in [0.1, 0.15) is 175 Å². The molecule has 0 saturated heterocycles. The summed E-state index contributed by atoms with van der Waals surface area (Å²) in [7, 11) is 0. The quantitative estimate of drug-likeness (QED) is 0.149. The minimum atomic E-state index is 1.10. The number of fused-ring (bicyclic) bond motifs is 7. The number of aryl methyl sites for hydroxylation is 14. The molecule has 7 aromatic heterocycles. The summed E-state index contributed by atoms with van der Waals surface area (Å²) in [5.74, 6) is 0. The molecule has 0 atom stereocenters. The highest BCUT2D eigenvalue weighted by molar-refractivity contribution is 5.90. The van der Waals surface area contributed by atoms with Crippen LogP contribution in [0.15, 0.2) is 214 Å². The van der Waals surface area contributed by atoms with Crippen LogP contribution in [-0.4, -0.2) is 34.9 Å². The lowest BCUT2D eigenvalue weighted by Gasteiger charge is -2.02. The van der Waals surface area contributed by atoms with Crippen molar-refractivity contribution in [2.75, 3.05) is 0 Å². The Bertz CT molecular complexity index is 4110. The lowest BCUT2D eigenvalue weighted by Crippen LogP contribution is -1.86. The van der Waals surface area contributed by atoms with Gasteiger partial charge in [-0.05, 0) is 198 Å². The maximum atomic E-state index is 4.31. The molecule has 0 spiro atoms. The fourth-order valence-electron chi connectivity index (χ4n) is 10.2. The van der Waals surface area contributed by atoms with E-state index in [1.807, 2.05) is 193 Å². The van der Waals surface area contributed by atoms with Gasteiger partial charge < -0.3 is 0 Å². The summed E-state index contributed by atoms with van der Waals surface area (Å²) in [6.45, 7) is 57.2. The number of hydrogen-bond donors (Lipinski definition) is 0. The van der Waals surface area contributed by atoms with Gasteiger partial charge in [0.25, 0.3) is 0 Å². The summed E-state index contributed by atoms with van der Waals surface area (Å²) in [6, 6.07) is 53.0. The molecular formula is C91H119N7. The standard InChI is InChI=1S/7C11H11N.7C2H6/c1-8-3-4-11-9(2)6-12-7-10(11)5-8;1-8-3-4-10-7-12-6-9(2)11(10)5-8;1-8-3-4-11-9(2)12-6-5-10(11)7-8;1-8-3-4-10-5-6-12-9(2)11(10)7-8;1-8-4-3-5-10-9(2)6-12-7-11(8)10;1-8-4-3-5-11-9(2)12-7-6-10(8)11;1-8-7-12-9(2)11-6-4-3-5-10(8)11;7*1-2/h7*3-7H,1-2H3;7*1-2H3. The van der Waals surface area contributed by atoms with Crippen LogP contribution in [0.4, 0.5) is 0 Å². The molecule has 0 aliphatic heterocycles. The van der Waals surface area contributed by atoms with Crippen molar-refractivity contribution in [1.82, 2.24) is 34.9 Å². The Morgan fingerprint density at radius 2 is 0.531 bits per heavy atom. The summed E-state index contributed by atoms with van der Waals surface area (Å²) < 4.78 is 0. The van der Waals surface area contributed by atoms with Crippen LogP contribution in [-0.2, 0) is 0 Å². The molecule has 0 fully saturated rings. The van der Waals surface area contributed by atoms with Crippen molar-refractivity contribution in [2.45, 2.75) is 194 Å². The number of aromatic nitrogens is 7. The van der Waals surface area contributed by atoms with Gasteiger partial charge in [-0.1, -0.05) is 241 Å². The van der Waals surface area contributed by atoms with E-state index < -0.39 is 0 Å². The molecule has 0 aliphatic rings. The van der Waals surface area contributed by atoms with Gasteiger partial charge in [-0.2, -0.15) is 0 Å². The van der Waals surface area contributed by atoms with Crippen molar-refractivity contribution in [3.05, 3.63) is 292 Å². The van der Waals surface area contributed by atoms with E-state index in [1.165, 1.54) is 131 Å². The van der Waals surface area contributed by atoms with Crippen molar-refractivity contribution in [3.8, 4) is 0 Å². The zero-order chi connectivity index (χ0) is 73.9. The first-order valence-corrected chi connectivity index (χ1v) is 35.6. The molecule has 7 heterocycles. The molecule has 0 radical (unpaired) electrons. The van der Waals surface area contributed by atoms with E-state index in [-0.39, 0.29) is 0 Å². The van der Waals surface area contributed by atoms with Crippen molar-refractivity contribution < 1.29 is 0 Å². The topological polar surface area (TPSA) is 90.2 Å². The first-order valence-electron chi connectivity index (χ1n) is 35.6. The summed E-state index contributed by atoms with van der Waals surface area (Å²) in [5, 5.41) is 17.8. The van der Waals surface area contributed by atoms with E-state index in [2.05, 4.69) is 250 Å². The number of benzene rings is 7. The van der Waals surface area contributed by atoms with Gasteiger partial charge in [0.2, 0.25) is 0 Å². The Labute approximate surface area is 592 Å². The number of nitrogens with zero attached hydrogens (tertiary/aromatic N) is 7. The molecule has 14 aromatic rings. The van der Waals surface area contributed by atoms with E-state index in [1.54, 1.807) is 0 Å². The molecule has 14 rings (SSSR count). The average molecular weight is 1310 g/mol. The van der Waals surface area contributed by atoms with E-state index in [0.29, 0.717) is 0 Å². The molecule has 0 amide bonds. The summed E-state index contributed by atoms with van der Waals surface area (Å²) in [6.07, 6.45) is 19.0. The minimum absolute atomic E-state index is 1.10. The van der Waals surface area contributed by atoms with Crippen LogP contribution in [0.25, 0.3) is 75.4 Å². The molecule has 7 aromatic carbocycles. The largest absolute Gasteiger partial charge is 0.264 e. The molecule has 0 saturated carbocycles. The van der Waals surface area contributed by atoms with Crippen LogP contribution in [0, 0.1) is 96.9 Å². The first kappa shape index (κ1) is 86.4. The van der Waals surface area contributed by atoms with Gasteiger partial charge in [0.05, 0.1) is 0 Å². The number of hydrogen-bond acceptors (Lipinski definition) is 7. The first-order chi connectivity index (χ1) is 47.4. The lowest BCUT2D eigenvalue weighted by atomic mass is 10.1. The summed E-state index contributed by atoms with van der Waals surface area (Å²) in [4.78, 5) is 29.5. The SMILES string of the molecule is CC.CC.CC.CC.CC.CC.CC.Cc1ccc2c(C)cncc2c1.Cc1ccc2c(C)nccc2c1.Cc1ccc2ccnc(C)c2c1.Cc1ccc2cncc(C)c2c1.Cc1cccc2c(C)nccc12.Cc1cnc(C)c2ccccc12.Cc1cncc2c(C)cccc12. The Morgan fingerprint density at radius 3 is 1.08 bits per heavy atom. The van der Waals surface area contributed by atoms with Crippen molar-refractivity contribution in [2.24, 2.45) is 0 Å². The highest BCUT2D eigenvalue weighted by Crippen LogP contribution is 2.24. The van der Waals surface area contributed by atoms with Gasteiger partial charge in [0, 0.05) is 122 Å². The third kappa shape index (κ3) is 26.4. The lowest BCUT2D eigenvalue weighted by molar-refractivity contribution is 1.21. The molecular weight excluding hydrogens is 1190 g/mol. The predicted octanol–water partition coefficient (Wildman–Crippen LogP) is 27.1. The van der Waals surface area contributed by atoms with Gasteiger partial charge in [-0.25, -0.2) is 0 Å². The summed E-state index contributed by atoms with van der Waals surface area (Å²) >= 11 is 0. The van der Waals surface area contributed by atoms with Crippen LogP contribution in [0.5, 0.6) is 0 Å². The van der Waals surface area contributed by atoms with Crippen molar-refractivity contribution >= 4 is 75.4 Å². The Kier molecular flexibility index (Phi) is 42.5. The minimum Gasteiger partial charge on any atom is -0.264 e. The molecule has 0 N–H and O–H groups in total. The van der Waals surface area contributed by atoms with Crippen LogP contribution < -0.4 is 0 Å². The zero-order valence-corrected chi connectivity index (χ0v) is 65.3. The highest BCUT2D eigenvalue weighted by atomic mass is 14.7. The molecule has 7 nitrogen and oxygen atoms in total. The fraction of sp³-hybridized carbons (Fsp3) is 0.308. The normalized spacial score (nSPS) is 9.43. The Balaban J connectivity index is 0.000000554. The van der Waals surface area contributed by atoms with Crippen LogP contribution in [0.2, 0.25) is 0 Å². The van der Waals surface area contributed by atoms with Gasteiger partial charge in [-0.15, -0.1) is 0 Å². The molecule has 98 heavy (non-hydrogen) atoms. The van der Waals surface area contributed by atoms with Crippen LogP contribution >= 0.6 is 0 Å². The van der Waals surface area contributed by atoms with Crippen molar-refractivity contribution in [1.29, 1.82) is 0 Å². The second kappa shape index (κ2) is 48.2. The van der Waals surface area contributed by atoms with Gasteiger partial charge in [0.1, 0.15) is 0 Å². The number of pyridine rings is 7. The van der Waals surface area contributed by atoms with Gasteiger partial charge in [-0.3, -0.25) is 34.9 Å². The third-order valence-electron chi connectivity index (χ3n) is 15.1. The third-order valence-corrected chi connectivity index (χ3v) is 15.1. The number of rotatable bonds is 0. The monoisotopic (exact) mass is 1310 g/mol. The highest BCUT2D eigenvalue weighted by Gasteiger charge is 2.03. The van der Waals surface area contributed by atoms with Gasteiger partial charge >= 0.3 is 0 Å². The Hall–Kier alpha value is -9.59. The molecule has 0 bridgehead atoms. The second-order valence-corrected chi connectivity index (χ2v) is 21.9. The second-order valence-electron chi connectivity index (χ2n) is 21.9. The van der Waals surface area contributed by atoms with E-state index >= 15 is 0 Å². The molecule has 0 aliphatic carbocycles. The molecule has 0 unspecified atom stereocenters. The average Bonchev–Trinajstić information content (AvgIpc) is 0.930. The van der Waals surface area contributed by atoms with E-state index in [0.717, 1.165) is 22.8 Å². The van der Waals surface area contributed by atoms with E-state index in [9.17, 15) is 0 Å². The fourth-order valence-corrected chi connectivity index (χ4v) is 10.2. The van der Waals surface area contributed by atoms with Crippen molar-refractivity contribution in [3.63, 3.8) is 0 Å². The Morgan fingerprint density at radius 1 is 0.184 bits per heavy atom. The van der Waals surface area contributed by atoms with E-state index in [4.69, 9.17) is 0 Å². The predicted molar refractivity (Wildman–Crippen MR) is 438 cm³/mol.